The van der Waals surface area contributed by atoms with E-state index in [-0.39, 0.29) is 29.5 Å². The largest absolute Gasteiger partial charge is 0.416 e. The molecule has 3 nitrogen and oxygen atoms in total. The lowest BCUT2D eigenvalue weighted by atomic mass is 9.73. The predicted molar refractivity (Wildman–Crippen MR) is 123 cm³/mol. The van der Waals surface area contributed by atoms with Crippen LogP contribution in [0.3, 0.4) is 0 Å². The van der Waals surface area contributed by atoms with Crippen molar-refractivity contribution in [3.05, 3.63) is 105 Å². The third-order valence-corrected chi connectivity index (χ3v) is 7.00. The van der Waals surface area contributed by atoms with Gasteiger partial charge in [0.2, 0.25) is 0 Å². The van der Waals surface area contributed by atoms with Crippen molar-refractivity contribution in [2.75, 3.05) is 0 Å². The minimum Gasteiger partial charge on any atom is -0.343 e. The normalized spacial score (nSPS) is 22.8. The summed E-state index contributed by atoms with van der Waals surface area (Å²) < 4.78 is 39.0. The van der Waals surface area contributed by atoms with Gasteiger partial charge in [0.15, 0.2) is 11.6 Å². The zero-order valence-corrected chi connectivity index (χ0v) is 18.9. The molecule has 5 rings (SSSR count). The third-order valence-electron chi connectivity index (χ3n) is 6.72. The van der Waals surface area contributed by atoms with E-state index in [2.05, 4.69) is 0 Å². The maximum Gasteiger partial charge on any atom is 0.416 e. The Morgan fingerprint density at radius 1 is 0.912 bits per heavy atom. The summed E-state index contributed by atoms with van der Waals surface area (Å²) in [5, 5.41) is 0.566. The first-order chi connectivity index (χ1) is 16.2. The molecule has 0 spiro atoms. The first kappa shape index (κ1) is 22.7. The summed E-state index contributed by atoms with van der Waals surface area (Å²) in [5.74, 6) is -1.29. The number of allylic oxidation sites excluding steroid dienone is 6. The molecular formula is C27H21ClF3NO2. The molecule has 0 N–H and O–H groups in total. The number of rotatable bonds is 3. The maximum absolute atomic E-state index is 13.4. The molecule has 0 amide bonds. The number of hydrogen-bond acceptors (Lipinski definition) is 3. The number of carbonyl (C=O) groups excluding carboxylic acids is 2. The van der Waals surface area contributed by atoms with Gasteiger partial charge in [-0.2, -0.15) is 13.2 Å². The number of nitrogens with zero attached hydrogens (tertiary/aromatic N) is 1. The van der Waals surface area contributed by atoms with E-state index in [1.807, 2.05) is 41.3 Å². The van der Waals surface area contributed by atoms with Gasteiger partial charge in [0.05, 0.1) is 17.1 Å². The molecule has 2 unspecified atom stereocenters. The average Bonchev–Trinajstić information content (AvgIpc) is 2.81. The molecule has 7 heteroatoms. The van der Waals surface area contributed by atoms with Gasteiger partial charge in [-0.05, 0) is 54.2 Å². The van der Waals surface area contributed by atoms with E-state index in [0.29, 0.717) is 35.7 Å². The highest BCUT2D eigenvalue weighted by atomic mass is 35.5. The molecule has 0 aromatic heterocycles. The van der Waals surface area contributed by atoms with Gasteiger partial charge in [-0.1, -0.05) is 54.1 Å². The Labute approximate surface area is 200 Å². The van der Waals surface area contributed by atoms with Gasteiger partial charge >= 0.3 is 6.18 Å². The molecule has 1 aliphatic heterocycles. The Morgan fingerprint density at radius 2 is 1.62 bits per heavy atom. The van der Waals surface area contributed by atoms with Gasteiger partial charge in [-0.15, -0.1) is 0 Å². The highest BCUT2D eigenvalue weighted by Crippen LogP contribution is 2.46. The van der Waals surface area contributed by atoms with Crippen molar-refractivity contribution in [2.45, 2.75) is 37.9 Å². The summed E-state index contributed by atoms with van der Waals surface area (Å²) in [4.78, 5) is 28.7. The monoisotopic (exact) mass is 483 g/mol. The van der Waals surface area contributed by atoms with Crippen molar-refractivity contribution in [3.8, 4) is 0 Å². The second kappa shape index (κ2) is 8.58. The van der Waals surface area contributed by atoms with Crippen LogP contribution in [0.2, 0.25) is 0 Å². The van der Waals surface area contributed by atoms with E-state index in [0.717, 1.165) is 23.4 Å². The fourth-order valence-electron chi connectivity index (χ4n) is 5.05. The Balaban J connectivity index is 1.55. The van der Waals surface area contributed by atoms with E-state index < -0.39 is 17.7 Å². The van der Waals surface area contributed by atoms with Crippen LogP contribution < -0.4 is 0 Å². The van der Waals surface area contributed by atoms with Gasteiger partial charge in [0, 0.05) is 29.4 Å². The molecule has 0 bridgehead atoms. The number of fused-ring (bicyclic) bond motifs is 1. The van der Waals surface area contributed by atoms with Crippen molar-refractivity contribution in [1.82, 2.24) is 4.90 Å². The maximum atomic E-state index is 13.4. The first-order valence-electron chi connectivity index (χ1n) is 11.1. The molecule has 174 valence electrons. The molecule has 2 aliphatic carbocycles. The Morgan fingerprint density at radius 3 is 2.29 bits per heavy atom. The second-order valence-electron chi connectivity index (χ2n) is 8.87. The first-order valence-corrected chi connectivity index (χ1v) is 11.5. The minimum atomic E-state index is -4.42. The lowest BCUT2D eigenvalue weighted by molar-refractivity contribution is -0.137. The van der Waals surface area contributed by atoms with Crippen LogP contribution in [0.5, 0.6) is 0 Å². The van der Waals surface area contributed by atoms with Crippen LogP contribution >= 0.6 is 11.6 Å². The van der Waals surface area contributed by atoms with E-state index in [9.17, 15) is 22.8 Å². The van der Waals surface area contributed by atoms with Gasteiger partial charge in [-0.25, -0.2) is 0 Å². The number of hydrogen-bond donors (Lipinski definition) is 0. The van der Waals surface area contributed by atoms with Crippen molar-refractivity contribution < 1.29 is 22.8 Å². The molecule has 3 aliphatic rings. The summed E-state index contributed by atoms with van der Waals surface area (Å²) in [5.41, 5.74) is 2.61. The van der Waals surface area contributed by atoms with E-state index >= 15 is 0 Å². The SMILES string of the molecule is O=C1CC(c2ccc(C(F)(F)F)cc2)CC2=C1C(=O)C1CC(Cl)=CC=C1N2Cc1ccccc1. The smallest absolute Gasteiger partial charge is 0.343 e. The van der Waals surface area contributed by atoms with Crippen molar-refractivity contribution in [3.63, 3.8) is 0 Å². The number of halogens is 4. The van der Waals surface area contributed by atoms with E-state index in [1.165, 1.54) is 12.1 Å². The summed E-state index contributed by atoms with van der Waals surface area (Å²) >= 11 is 6.23. The zero-order chi connectivity index (χ0) is 24.0. The topological polar surface area (TPSA) is 37.4 Å². The Kier molecular flexibility index (Phi) is 5.72. The molecule has 34 heavy (non-hydrogen) atoms. The minimum absolute atomic E-state index is 0.0878. The number of carbonyl (C=O) groups is 2. The standard InChI is InChI=1S/C27H21ClF3NO2/c28-20-10-11-22-21(14-20)26(34)25-23(32(22)15-16-4-2-1-3-5-16)12-18(13-24(25)33)17-6-8-19(9-7-17)27(29,30)31/h1-11,18,21H,12-15H2. The summed E-state index contributed by atoms with van der Waals surface area (Å²) in [6, 6.07) is 14.7. The van der Waals surface area contributed by atoms with Crippen LogP contribution in [-0.4, -0.2) is 16.5 Å². The van der Waals surface area contributed by atoms with Gasteiger partial charge in [0.1, 0.15) is 0 Å². The van der Waals surface area contributed by atoms with Crippen LogP contribution in [0.15, 0.2) is 88.7 Å². The molecule has 0 radical (unpaired) electrons. The van der Waals surface area contributed by atoms with Gasteiger partial charge < -0.3 is 4.90 Å². The molecule has 1 heterocycles. The molecule has 0 saturated carbocycles. The average molecular weight is 484 g/mol. The van der Waals surface area contributed by atoms with Crippen molar-refractivity contribution >= 4 is 23.2 Å². The number of Topliss-reactive ketones (excluding diaryl/α,β-unsaturated/α-hetero) is 2. The third kappa shape index (κ3) is 4.11. The van der Waals surface area contributed by atoms with Crippen molar-refractivity contribution in [2.24, 2.45) is 5.92 Å². The fraction of sp³-hybridized carbons (Fsp3) is 0.259. The molecule has 2 aromatic rings. The van der Waals surface area contributed by atoms with Crippen molar-refractivity contribution in [1.29, 1.82) is 0 Å². The molecule has 2 aromatic carbocycles. The predicted octanol–water partition coefficient (Wildman–Crippen LogP) is 6.52. The molecular weight excluding hydrogens is 463 g/mol. The van der Waals surface area contributed by atoms with E-state index in [4.69, 9.17) is 11.6 Å². The van der Waals surface area contributed by atoms with Crippen LogP contribution in [0.1, 0.15) is 41.9 Å². The fourth-order valence-corrected chi connectivity index (χ4v) is 5.26. The summed E-state index contributed by atoms with van der Waals surface area (Å²) in [6.07, 6.45) is 0.0343. The zero-order valence-electron chi connectivity index (χ0n) is 18.1. The van der Waals surface area contributed by atoms with Gasteiger partial charge in [0.25, 0.3) is 0 Å². The highest BCUT2D eigenvalue weighted by molar-refractivity contribution is 6.30. The van der Waals surface area contributed by atoms with E-state index in [1.54, 1.807) is 6.08 Å². The number of alkyl halides is 3. The number of ketones is 2. The summed E-state index contributed by atoms with van der Waals surface area (Å²) in [7, 11) is 0. The lowest BCUT2D eigenvalue weighted by Crippen LogP contribution is -2.43. The Hall–Kier alpha value is -3.12. The number of benzene rings is 2. The molecule has 0 saturated heterocycles. The van der Waals surface area contributed by atoms with Gasteiger partial charge in [-0.3, -0.25) is 9.59 Å². The molecule has 2 atom stereocenters. The van der Waals surface area contributed by atoms with Crippen LogP contribution in [0.25, 0.3) is 0 Å². The lowest BCUT2D eigenvalue weighted by Gasteiger charge is -2.43. The second-order valence-corrected chi connectivity index (χ2v) is 9.35. The Bertz CT molecular complexity index is 1240. The van der Waals surface area contributed by atoms with Crippen LogP contribution in [0.4, 0.5) is 13.2 Å². The van der Waals surface area contributed by atoms with Crippen LogP contribution in [-0.2, 0) is 22.3 Å². The van der Waals surface area contributed by atoms with Crippen LogP contribution in [0, 0.1) is 5.92 Å². The summed E-state index contributed by atoms with van der Waals surface area (Å²) in [6.45, 7) is 0.480. The highest BCUT2D eigenvalue weighted by Gasteiger charge is 2.45. The molecule has 0 fully saturated rings. The quantitative estimate of drug-likeness (QED) is 0.466.